The molecule has 0 N–H and O–H groups in total. The Labute approximate surface area is 155 Å². The first-order valence-corrected chi connectivity index (χ1v) is 8.64. The summed E-state index contributed by atoms with van der Waals surface area (Å²) in [7, 11) is 1.67. The summed E-state index contributed by atoms with van der Waals surface area (Å²) in [6.07, 6.45) is 2.85. The molecule has 0 amide bonds. The molecule has 26 heavy (non-hydrogen) atoms. The smallest absolute Gasteiger partial charge is 0.330 e. The first-order chi connectivity index (χ1) is 12.1. The molecule has 1 heterocycles. The van der Waals surface area contributed by atoms with Crippen molar-refractivity contribution in [2.24, 2.45) is 0 Å². The Kier molecular flexibility index (Phi) is 7.99. The Morgan fingerprint density at radius 2 is 1.62 bits per heavy atom. The Morgan fingerprint density at radius 1 is 1.08 bits per heavy atom. The molecule has 1 fully saturated rings. The van der Waals surface area contributed by atoms with E-state index in [-0.39, 0.29) is 30.4 Å². The summed E-state index contributed by atoms with van der Waals surface area (Å²) >= 11 is 0. The van der Waals surface area contributed by atoms with Crippen LogP contribution in [0, 0.1) is 0 Å². The fourth-order valence-electron chi connectivity index (χ4n) is 3.59. The van der Waals surface area contributed by atoms with Crippen LogP contribution >= 0.6 is 0 Å². The molecule has 1 rings (SSSR count). The van der Waals surface area contributed by atoms with Crippen molar-refractivity contribution >= 4 is 11.9 Å². The normalized spacial score (nSPS) is 20.8. The van der Waals surface area contributed by atoms with Gasteiger partial charge in [0, 0.05) is 23.2 Å². The standard InChI is InChI=1S/C19H31NO6/c1-8-16(21)25-13-15(26-17(22)9-2)12-24-14-10-18(3,4)20(23-7)19(5,6)11-14/h8-9,14-15H,1-2,10-13H2,3-7H3. The van der Waals surface area contributed by atoms with Gasteiger partial charge in [0.15, 0.2) is 6.10 Å². The summed E-state index contributed by atoms with van der Waals surface area (Å²) in [5, 5.41) is 1.99. The maximum absolute atomic E-state index is 11.5. The van der Waals surface area contributed by atoms with Crippen molar-refractivity contribution in [3.63, 3.8) is 0 Å². The van der Waals surface area contributed by atoms with Gasteiger partial charge in [-0.1, -0.05) is 13.2 Å². The summed E-state index contributed by atoms with van der Waals surface area (Å²) in [5.74, 6) is -1.18. The minimum atomic E-state index is -0.712. The van der Waals surface area contributed by atoms with Crippen LogP contribution in [0.4, 0.5) is 0 Å². The summed E-state index contributed by atoms with van der Waals surface area (Å²) < 4.78 is 16.2. The van der Waals surface area contributed by atoms with Crippen molar-refractivity contribution in [1.82, 2.24) is 5.06 Å². The molecule has 0 aliphatic carbocycles. The zero-order valence-electron chi connectivity index (χ0n) is 16.4. The molecule has 0 radical (unpaired) electrons. The van der Waals surface area contributed by atoms with Crippen LogP contribution in [0.2, 0.25) is 0 Å². The van der Waals surface area contributed by atoms with Gasteiger partial charge in [-0.05, 0) is 40.5 Å². The fraction of sp³-hybridized carbons (Fsp3) is 0.684. The molecule has 0 aromatic carbocycles. The second-order valence-electron chi connectivity index (χ2n) is 7.56. The van der Waals surface area contributed by atoms with E-state index in [1.54, 1.807) is 7.11 Å². The molecule has 7 heteroatoms. The minimum absolute atomic E-state index is 0.0496. The number of nitrogens with zero attached hydrogens (tertiary/aromatic N) is 1. The summed E-state index contributed by atoms with van der Waals surface area (Å²) in [5.41, 5.74) is -0.437. The summed E-state index contributed by atoms with van der Waals surface area (Å²) in [4.78, 5) is 28.3. The van der Waals surface area contributed by atoms with Crippen LogP contribution < -0.4 is 0 Å². The van der Waals surface area contributed by atoms with Crippen molar-refractivity contribution in [3.8, 4) is 0 Å². The Hall–Kier alpha value is -1.70. The summed E-state index contributed by atoms with van der Waals surface area (Å²) in [6.45, 7) is 15.1. The topological polar surface area (TPSA) is 74.3 Å². The van der Waals surface area contributed by atoms with E-state index in [0.717, 1.165) is 25.0 Å². The van der Waals surface area contributed by atoms with E-state index < -0.39 is 18.0 Å². The molecule has 0 aromatic rings. The average Bonchev–Trinajstić information content (AvgIpc) is 2.54. The molecular weight excluding hydrogens is 338 g/mol. The van der Waals surface area contributed by atoms with Gasteiger partial charge in [0.2, 0.25) is 0 Å². The molecule has 1 aliphatic heterocycles. The number of esters is 2. The Bertz CT molecular complexity index is 510. The van der Waals surface area contributed by atoms with Gasteiger partial charge in [0.25, 0.3) is 0 Å². The van der Waals surface area contributed by atoms with E-state index in [0.29, 0.717) is 0 Å². The van der Waals surface area contributed by atoms with Crippen molar-refractivity contribution in [2.75, 3.05) is 20.3 Å². The van der Waals surface area contributed by atoms with E-state index in [4.69, 9.17) is 19.0 Å². The third-order valence-electron chi connectivity index (χ3n) is 4.28. The molecule has 0 aromatic heterocycles. The van der Waals surface area contributed by atoms with Crippen LogP contribution in [0.3, 0.4) is 0 Å². The molecule has 7 nitrogen and oxygen atoms in total. The second-order valence-corrected chi connectivity index (χ2v) is 7.56. The highest BCUT2D eigenvalue weighted by Gasteiger charge is 2.46. The maximum Gasteiger partial charge on any atom is 0.330 e. The van der Waals surface area contributed by atoms with Crippen LogP contribution in [0.5, 0.6) is 0 Å². The number of ether oxygens (including phenoxy) is 3. The number of carbonyl (C=O) groups excluding carboxylic acids is 2. The fourth-order valence-corrected chi connectivity index (χ4v) is 3.59. The first-order valence-electron chi connectivity index (χ1n) is 8.64. The predicted molar refractivity (Wildman–Crippen MR) is 97.2 cm³/mol. The van der Waals surface area contributed by atoms with Crippen LogP contribution in [0.15, 0.2) is 25.3 Å². The SMILES string of the molecule is C=CC(=O)OCC(COC1CC(C)(C)N(OC)C(C)(C)C1)OC(=O)C=C. The van der Waals surface area contributed by atoms with Crippen LogP contribution in [-0.2, 0) is 28.6 Å². The van der Waals surface area contributed by atoms with Gasteiger partial charge in [0.05, 0.1) is 19.8 Å². The molecule has 0 saturated carbocycles. The number of hydroxylamine groups is 2. The molecule has 1 atom stereocenters. The lowest BCUT2D eigenvalue weighted by Gasteiger charge is -2.53. The Balaban J connectivity index is 2.71. The molecule has 0 spiro atoms. The van der Waals surface area contributed by atoms with E-state index >= 15 is 0 Å². The van der Waals surface area contributed by atoms with Crippen molar-refractivity contribution in [3.05, 3.63) is 25.3 Å². The predicted octanol–water partition coefficient (Wildman–Crippen LogP) is 2.41. The highest BCUT2D eigenvalue weighted by Crippen LogP contribution is 2.39. The highest BCUT2D eigenvalue weighted by molar-refractivity contribution is 5.82. The Morgan fingerprint density at radius 3 is 2.08 bits per heavy atom. The molecule has 1 unspecified atom stereocenters. The van der Waals surface area contributed by atoms with Crippen molar-refractivity contribution in [2.45, 2.75) is 63.8 Å². The van der Waals surface area contributed by atoms with Gasteiger partial charge in [-0.15, -0.1) is 0 Å². The minimum Gasteiger partial charge on any atom is -0.458 e. The third-order valence-corrected chi connectivity index (χ3v) is 4.28. The first kappa shape index (κ1) is 22.3. The maximum atomic E-state index is 11.5. The van der Waals surface area contributed by atoms with Crippen molar-refractivity contribution in [1.29, 1.82) is 0 Å². The second kappa shape index (κ2) is 9.30. The lowest BCUT2D eigenvalue weighted by atomic mass is 9.80. The van der Waals surface area contributed by atoms with Gasteiger partial charge in [-0.25, -0.2) is 9.59 Å². The molecule has 0 bridgehead atoms. The third kappa shape index (κ3) is 6.23. The van der Waals surface area contributed by atoms with Gasteiger partial charge in [-0.3, -0.25) is 0 Å². The van der Waals surface area contributed by atoms with Gasteiger partial charge in [-0.2, -0.15) is 5.06 Å². The largest absolute Gasteiger partial charge is 0.458 e. The lowest BCUT2D eigenvalue weighted by Crippen LogP contribution is -2.61. The van der Waals surface area contributed by atoms with Gasteiger partial charge >= 0.3 is 11.9 Å². The average molecular weight is 369 g/mol. The van der Waals surface area contributed by atoms with E-state index in [2.05, 4.69) is 40.9 Å². The molecule has 148 valence electrons. The van der Waals surface area contributed by atoms with Crippen LogP contribution in [0.25, 0.3) is 0 Å². The molecule has 1 saturated heterocycles. The monoisotopic (exact) mass is 369 g/mol. The summed E-state index contributed by atoms with van der Waals surface area (Å²) in [6, 6.07) is 0. The molecule has 1 aliphatic rings. The number of rotatable bonds is 9. The zero-order valence-corrected chi connectivity index (χ0v) is 16.4. The van der Waals surface area contributed by atoms with Crippen molar-refractivity contribution < 1.29 is 28.6 Å². The highest BCUT2D eigenvalue weighted by atomic mass is 16.7. The quantitative estimate of drug-likeness (QED) is 0.456. The van der Waals surface area contributed by atoms with Gasteiger partial charge < -0.3 is 19.0 Å². The number of hydrogen-bond donors (Lipinski definition) is 0. The van der Waals surface area contributed by atoms with Gasteiger partial charge in [0.1, 0.15) is 6.61 Å². The van der Waals surface area contributed by atoms with Crippen LogP contribution in [0.1, 0.15) is 40.5 Å². The molecular formula is C19H31NO6. The number of carbonyl (C=O) groups is 2. The zero-order chi connectivity index (χ0) is 20.0. The van der Waals surface area contributed by atoms with E-state index in [9.17, 15) is 9.59 Å². The van der Waals surface area contributed by atoms with Crippen LogP contribution in [-0.4, -0.2) is 60.6 Å². The van der Waals surface area contributed by atoms with E-state index in [1.807, 2.05) is 5.06 Å². The van der Waals surface area contributed by atoms with E-state index in [1.165, 1.54) is 0 Å². The number of hydrogen-bond acceptors (Lipinski definition) is 7. The lowest BCUT2D eigenvalue weighted by molar-refractivity contribution is -0.281. The number of piperidine rings is 1.